The molecule has 2 aliphatic heterocycles. The van der Waals surface area contributed by atoms with Crippen LogP contribution >= 0.6 is 0 Å². The normalized spacial score (nSPS) is 25.8. The number of aromatic nitrogens is 3. The zero-order valence-electron chi connectivity index (χ0n) is 14.4. The average Bonchev–Trinajstić information content (AvgIpc) is 3.17. The molecule has 0 aromatic carbocycles. The Hall–Kier alpha value is -2.70. The van der Waals surface area contributed by atoms with Gasteiger partial charge >= 0.3 is 0 Å². The van der Waals surface area contributed by atoms with E-state index in [-0.39, 0.29) is 17.2 Å². The van der Waals surface area contributed by atoms with Crippen molar-refractivity contribution in [2.75, 3.05) is 36.5 Å². The molecule has 2 fully saturated rings. The molecule has 0 N–H and O–H groups in total. The third-order valence-corrected chi connectivity index (χ3v) is 5.48. The monoisotopic (exact) mass is 339 g/mol. The molecule has 2 aliphatic rings. The summed E-state index contributed by atoms with van der Waals surface area (Å²) >= 11 is 0. The van der Waals surface area contributed by atoms with Crippen molar-refractivity contribution in [3.8, 4) is 5.88 Å². The summed E-state index contributed by atoms with van der Waals surface area (Å²) in [5.41, 5.74) is 0.507. The van der Waals surface area contributed by atoms with E-state index in [1.807, 2.05) is 23.1 Å². The minimum Gasteiger partial charge on any atom is -0.481 e. The molecule has 0 aliphatic carbocycles. The van der Waals surface area contributed by atoms with E-state index < -0.39 is 0 Å². The Bertz CT molecular complexity index is 784. The van der Waals surface area contributed by atoms with Gasteiger partial charge in [0.05, 0.1) is 24.4 Å². The number of nitrogens with zero attached hydrogens (tertiary/aromatic N) is 5. The lowest BCUT2D eigenvalue weighted by Crippen LogP contribution is -2.39. The molecular formula is C18H21N5O2. The molecule has 0 radical (unpaired) electrons. The average molecular weight is 339 g/mol. The van der Waals surface area contributed by atoms with Crippen LogP contribution in [-0.2, 0) is 4.79 Å². The minimum absolute atomic E-state index is 0.191. The number of hydrogen-bond donors (Lipinski definition) is 0. The molecule has 4 heterocycles. The van der Waals surface area contributed by atoms with Gasteiger partial charge in [0.1, 0.15) is 12.1 Å². The predicted molar refractivity (Wildman–Crippen MR) is 93.6 cm³/mol. The summed E-state index contributed by atoms with van der Waals surface area (Å²) < 4.78 is 5.19. The van der Waals surface area contributed by atoms with Crippen molar-refractivity contribution >= 4 is 17.4 Å². The molecule has 2 saturated heterocycles. The van der Waals surface area contributed by atoms with Crippen LogP contribution in [0.2, 0.25) is 0 Å². The summed E-state index contributed by atoms with van der Waals surface area (Å²) in [4.78, 5) is 29.9. The number of hydrogen-bond acceptors (Lipinski definition) is 6. The van der Waals surface area contributed by atoms with E-state index in [0.29, 0.717) is 12.4 Å². The van der Waals surface area contributed by atoms with Gasteiger partial charge < -0.3 is 14.5 Å². The summed E-state index contributed by atoms with van der Waals surface area (Å²) in [5.74, 6) is 1.79. The molecule has 4 rings (SSSR count). The van der Waals surface area contributed by atoms with Crippen molar-refractivity contribution in [2.24, 2.45) is 11.3 Å². The summed E-state index contributed by atoms with van der Waals surface area (Å²) in [6, 6.07) is 5.63. The van der Waals surface area contributed by atoms with Gasteiger partial charge in [-0.3, -0.25) is 9.78 Å². The molecule has 2 aromatic rings. The third kappa shape index (κ3) is 2.50. The Morgan fingerprint density at radius 3 is 3.00 bits per heavy atom. The van der Waals surface area contributed by atoms with Crippen LogP contribution in [-0.4, -0.2) is 47.6 Å². The van der Waals surface area contributed by atoms with Gasteiger partial charge in [0.15, 0.2) is 0 Å². The largest absolute Gasteiger partial charge is 0.481 e. The van der Waals surface area contributed by atoms with Gasteiger partial charge in [0.25, 0.3) is 0 Å². The van der Waals surface area contributed by atoms with Gasteiger partial charge in [0, 0.05) is 31.9 Å². The fourth-order valence-corrected chi connectivity index (χ4v) is 4.01. The number of rotatable bonds is 3. The van der Waals surface area contributed by atoms with Crippen molar-refractivity contribution in [1.29, 1.82) is 0 Å². The second-order valence-electron chi connectivity index (χ2n) is 6.77. The molecule has 0 bridgehead atoms. The lowest BCUT2D eigenvalue weighted by molar-refractivity contribution is -0.126. The van der Waals surface area contributed by atoms with E-state index >= 15 is 0 Å². The Morgan fingerprint density at radius 1 is 1.36 bits per heavy atom. The van der Waals surface area contributed by atoms with Gasteiger partial charge in [-0.2, -0.15) is 0 Å². The molecule has 0 saturated carbocycles. The quantitative estimate of drug-likeness (QED) is 0.848. The highest BCUT2D eigenvalue weighted by molar-refractivity contribution is 6.00. The third-order valence-electron chi connectivity index (χ3n) is 5.48. The number of methoxy groups -OCH3 is 1. The van der Waals surface area contributed by atoms with Gasteiger partial charge in [-0.15, -0.1) is 0 Å². The lowest BCUT2D eigenvalue weighted by Gasteiger charge is -2.26. The van der Waals surface area contributed by atoms with Crippen LogP contribution in [0, 0.1) is 11.3 Å². The van der Waals surface area contributed by atoms with Gasteiger partial charge in [0.2, 0.25) is 11.8 Å². The first-order valence-electron chi connectivity index (χ1n) is 8.47. The number of carbonyl (C=O) groups excluding carboxylic acids is 1. The maximum atomic E-state index is 13.3. The topological polar surface area (TPSA) is 71.5 Å². The van der Waals surface area contributed by atoms with Gasteiger partial charge in [-0.1, -0.05) is 6.92 Å². The minimum atomic E-state index is -0.367. The van der Waals surface area contributed by atoms with Crippen LogP contribution in [0.4, 0.5) is 11.5 Å². The first-order chi connectivity index (χ1) is 12.1. The van der Waals surface area contributed by atoms with E-state index in [0.717, 1.165) is 31.0 Å². The highest BCUT2D eigenvalue weighted by Gasteiger charge is 2.55. The van der Waals surface area contributed by atoms with Crippen LogP contribution in [0.15, 0.2) is 36.9 Å². The summed E-state index contributed by atoms with van der Waals surface area (Å²) in [6.45, 7) is 4.36. The second-order valence-corrected chi connectivity index (χ2v) is 6.77. The number of anilines is 2. The molecule has 2 atom stereocenters. The second kappa shape index (κ2) is 5.98. The fraction of sp³-hybridized carbons (Fsp3) is 0.444. The first-order valence-corrected chi connectivity index (χ1v) is 8.47. The molecule has 0 unspecified atom stereocenters. The molecule has 7 nitrogen and oxygen atoms in total. The van der Waals surface area contributed by atoms with Crippen molar-refractivity contribution in [3.63, 3.8) is 0 Å². The summed E-state index contributed by atoms with van der Waals surface area (Å²) in [6.07, 6.45) is 5.83. The Balaban J connectivity index is 1.59. The van der Waals surface area contributed by atoms with Crippen LogP contribution in [0.5, 0.6) is 5.88 Å². The first kappa shape index (κ1) is 15.8. The van der Waals surface area contributed by atoms with E-state index in [2.05, 4.69) is 26.8 Å². The summed E-state index contributed by atoms with van der Waals surface area (Å²) in [7, 11) is 1.59. The maximum Gasteiger partial charge on any atom is 0.235 e. The smallest absolute Gasteiger partial charge is 0.235 e. The van der Waals surface area contributed by atoms with Crippen LogP contribution in [0.1, 0.15) is 13.3 Å². The van der Waals surface area contributed by atoms with E-state index in [9.17, 15) is 4.79 Å². The highest BCUT2D eigenvalue weighted by Crippen LogP contribution is 2.46. The molecule has 1 amide bonds. The zero-order chi connectivity index (χ0) is 17.4. The number of ether oxygens (including phenoxy) is 1. The molecule has 7 heteroatoms. The van der Waals surface area contributed by atoms with Crippen LogP contribution in [0.25, 0.3) is 0 Å². The van der Waals surface area contributed by atoms with Gasteiger partial charge in [-0.05, 0) is 24.5 Å². The molecule has 2 aromatic heterocycles. The van der Waals surface area contributed by atoms with Crippen molar-refractivity contribution in [2.45, 2.75) is 13.3 Å². The summed E-state index contributed by atoms with van der Waals surface area (Å²) in [5, 5.41) is 0. The van der Waals surface area contributed by atoms with Crippen molar-refractivity contribution in [3.05, 3.63) is 36.9 Å². The van der Waals surface area contributed by atoms with Crippen molar-refractivity contribution in [1.82, 2.24) is 15.0 Å². The van der Waals surface area contributed by atoms with Crippen molar-refractivity contribution < 1.29 is 9.53 Å². The molecule has 1 spiro atoms. The Labute approximate surface area is 146 Å². The van der Waals surface area contributed by atoms with E-state index in [1.54, 1.807) is 19.5 Å². The van der Waals surface area contributed by atoms with Crippen LogP contribution < -0.4 is 14.5 Å². The number of carbonyl (C=O) groups is 1. The van der Waals surface area contributed by atoms with Crippen LogP contribution in [0.3, 0.4) is 0 Å². The SMILES string of the molecule is COc1cc(N2C[C@H](C)[C@]3(CCN(c4cccnc4)C3=O)C2)ncn1. The van der Waals surface area contributed by atoms with E-state index in [4.69, 9.17) is 4.74 Å². The molecular weight excluding hydrogens is 318 g/mol. The highest BCUT2D eigenvalue weighted by atomic mass is 16.5. The number of pyridine rings is 1. The Morgan fingerprint density at radius 2 is 2.24 bits per heavy atom. The zero-order valence-corrected chi connectivity index (χ0v) is 14.4. The number of amides is 1. The maximum absolute atomic E-state index is 13.3. The molecule has 25 heavy (non-hydrogen) atoms. The lowest BCUT2D eigenvalue weighted by atomic mass is 9.78. The van der Waals surface area contributed by atoms with Gasteiger partial charge in [-0.25, -0.2) is 9.97 Å². The molecule has 130 valence electrons. The predicted octanol–water partition coefficient (Wildman–Crippen LogP) is 1.76. The fourth-order valence-electron chi connectivity index (χ4n) is 4.01. The van der Waals surface area contributed by atoms with E-state index in [1.165, 1.54) is 6.33 Å². The Kier molecular flexibility index (Phi) is 3.78. The standard InChI is InChI=1S/C18H21N5O2/c1-13-10-22(15-8-16(25-2)21-12-20-15)11-18(13)5-7-23(17(18)24)14-4-3-6-19-9-14/h3-4,6,8-9,12-13H,5,7,10-11H2,1-2H3/t13-,18-/m0/s1.